The van der Waals surface area contributed by atoms with Gasteiger partial charge in [0.1, 0.15) is 12.3 Å². The summed E-state index contributed by atoms with van der Waals surface area (Å²) < 4.78 is 10.1. The molecular formula is C19H19ClN2O5. The van der Waals surface area contributed by atoms with Gasteiger partial charge < -0.3 is 20.1 Å². The maximum absolute atomic E-state index is 12.1. The van der Waals surface area contributed by atoms with E-state index in [0.29, 0.717) is 22.0 Å². The van der Waals surface area contributed by atoms with Crippen molar-refractivity contribution in [3.63, 3.8) is 0 Å². The van der Waals surface area contributed by atoms with Crippen LogP contribution in [0.4, 0.5) is 5.69 Å². The SMILES string of the molecule is COc1cccc(C(=O)NCC(=O)O[C@H](C)C(=O)Nc2cccc(Cl)c2)c1. The molecule has 1 atom stereocenters. The summed E-state index contributed by atoms with van der Waals surface area (Å²) in [6.45, 7) is 1.06. The van der Waals surface area contributed by atoms with Gasteiger partial charge in [-0.2, -0.15) is 0 Å². The molecule has 8 heteroatoms. The lowest BCUT2D eigenvalue weighted by atomic mass is 10.2. The minimum absolute atomic E-state index is 0.342. The zero-order valence-electron chi connectivity index (χ0n) is 14.8. The van der Waals surface area contributed by atoms with Crippen LogP contribution in [0.1, 0.15) is 17.3 Å². The number of rotatable bonds is 7. The van der Waals surface area contributed by atoms with Crippen LogP contribution in [0.2, 0.25) is 5.02 Å². The predicted octanol–water partition coefficient (Wildman–Crippen LogP) is 2.65. The second kappa shape index (κ2) is 9.59. The molecule has 0 aliphatic heterocycles. The van der Waals surface area contributed by atoms with Gasteiger partial charge in [0.25, 0.3) is 11.8 Å². The molecule has 0 saturated carbocycles. The number of methoxy groups -OCH3 is 1. The van der Waals surface area contributed by atoms with Crippen molar-refractivity contribution >= 4 is 35.1 Å². The number of hydrogen-bond donors (Lipinski definition) is 2. The van der Waals surface area contributed by atoms with Crippen LogP contribution in [0, 0.1) is 0 Å². The van der Waals surface area contributed by atoms with Crippen molar-refractivity contribution in [1.82, 2.24) is 5.32 Å². The first-order chi connectivity index (χ1) is 12.9. The summed E-state index contributed by atoms with van der Waals surface area (Å²) in [5.41, 5.74) is 0.829. The summed E-state index contributed by atoms with van der Waals surface area (Å²) >= 11 is 5.85. The third kappa shape index (κ3) is 6.31. The van der Waals surface area contributed by atoms with Gasteiger partial charge in [-0.1, -0.05) is 23.7 Å². The van der Waals surface area contributed by atoms with Crippen molar-refractivity contribution < 1.29 is 23.9 Å². The zero-order valence-corrected chi connectivity index (χ0v) is 15.6. The molecule has 27 heavy (non-hydrogen) atoms. The Bertz CT molecular complexity index is 840. The summed E-state index contributed by atoms with van der Waals surface area (Å²) in [6.07, 6.45) is -1.04. The van der Waals surface area contributed by atoms with Crippen molar-refractivity contribution in [2.24, 2.45) is 0 Å². The Morgan fingerprint density at radius 3 is 2.56 bits per heavy atom. The number of carbonyl (C=O) groups is 3. The number of ether oxygens (including phenoxy) is 2. The van der Waals surface area contributed by atoms with E-state index >= 15 is 0 Å². The molecule has 2 aromatic rings. The second-order valence-corrected chi connectivity index (χ2v) is 5.98. The highest BCUT2D eigenvalue weighted by Crippen LogP contribution is 2.15. The van der Waals surface area contributed by atoms with Gasteiger partial charge in [0, 0.05) is 16.3 Å². The van der Waals surface area contributed by atoms with E-state index in [9.17, 15) is 14.4 Å². The number of hydrogen-bond acceptors (Lipinski definition) is 5. The van der Waals surface area contributed by atoms with Crippen LogP contribution in [0.15, 0.2) is 48.5 Å². The van der Waals surface area contributed by atoms with Crippen molar-refractivity contribution in [3.8, 4) is 5.75 Å². The smallest absolute Gasteiger partial charge is 0.326 e. The van der Waals surface area contributed by atoms with Crippen LogP contribution in [0.3, 0.4) is 0 Å². The molecule has 2 N–H and O–H groups in total. The van der Waals surface area contributed by atoms with E-state index in [4.69, 9.17) is 21.1 Å². The number of esters is 1. The minimum Gasteiger partial charge on any atom is -0.497 e. The van der Waals surface area contributed by atoms with Crippen LogP contribution in [0.5, 0.6) is 5.75 Å². The molecule has 7 nitrogen and oxygen atoms in total. The summed E-state index contributed by atoms with van der Waals surface area (Å²) in [4.78, 5) is 36.0. The van der Waals surface area contributed by atoms with Crippen LogP contribution in [-0.2, 0) is 14.3 Å². The second-order valence-electron chi connectivity index (χ2n) is 5.55. The zero-order chi connectivity index (χ0) is 19.8. The van der Waals surface area contributed by atoms with Gasteiger partial charge in [-0.3, -0.25) is 14.4 Å². The fourth-order valence-electron chi connectivity index (χ4n) is 2.12. The van der Waals surface area contributed by atoms with Crippen LogP contribution in [0.25, 0.3) is 0 Å². The van der Waals surface area contributed by atoms with E-state index < -0.39 is 23.9 Å². The predicted molar refractivity (Wildman–Crippen MR) is 101 cm³/mol. The van der Waals surface area contributed by atoms with Crippen molar-refractivity contribution in [1.29, 1.82) is 0 Å². The van der Waals surface area contributed by atoms with E-state index in [0.717, 1.165) is 0 Å². The van der Waals surface area contributed by atoms with E-state index in [1.165, 1.54) is 14.0 Å². The molecule has 0 saturated heterocycles. The van der Waals surface area contributed by atoms with E-state index in [1.54, 1.807) is 48.5 Å². The number of halogens is 1. The minimum atomic E-state index is -1.04. The van der Waals surface area contributed by atoms with Crippen LogP contribution < -0.4 is 15.4 Å². The largest absolute Gasteiger partial charge is 0.497 e. The van der Waals surface area contributed by atoms with E-state index in [1.807, 2.05) is 0 Å². The molecule has 0 heterocycles. The first-order valence-electron chi connectivity index (χ1n) is 8.07. The Hall–Kier alpha value is -3.06. The quantitative estimate of drug-likeness (QED) is 0.709. The van der Waals surface area contributed by atoms with Gasteiger partial charge in [-0.05, 0) is 43.3 Å². The molecule has 0 spiro atoms. The maximum atomic E-state index is 12.1. The molecule has 0 unspecified atom stereocenters. The molecule has 2 amide bonds. The molecule has 2 rings (SSSR count). The standard InChI is InChI=1S/C19H19ClN2O5/c1-12(18(24)22-15-7-4-6-14(20)10-15)27-17(23)11-21-19(25)13-5-3-8-16(9-13)26-2/h3-10,12H,11H2,1-2H3,(H,21,25)(H,22,24)/t12-/m1/s1. The van der Waals surface area contributed by atoms with Crippen molar-refractivity contribution in [3.05, 3.63) is 59.1 Å². The molecular weight excluding hydrogens is 372 g/mol. The fourth-order valence-corrected chi connectivity index (χ4v) is 2.31. The summed E-state index contributed by atoms with van der Waals surface area (Å²) in [6, 6.07) is 13.1. The summed E-state index contributed by atoms with van der Waals surface area (Å²) in [7, 11) is 1.49. The third-order valence-electron chi connectivity index (χ3n) is 3.49. The molecule has 2 aromatic carbocycles. The molecule has 0 fully saturated rings. The van der Waals surface area contributed by atoms with Gasteiger partial charge in [0.15, 0.2) is 6.10 Å². The fraction of sp³-hybridized carbons (Fsp3) is 0.211. The van der Waals surface area contributed by atoms with Crippen LogP contribution >= 0.6 is 11.6 Å². The lowest BCUT2D eigenvalue weighted by Gasteiger charge is -2.14. The summed E-state index contributed by atoms with van der Waals surface area (Å²) in [5.74, 6) is -1.18. The van der Waals surface area contributed by atoms with E-state index in [-0.39, 0.29) is 6.54 Å². The molecule has 0 radical (unpaired) electrons. The van der Waals surface area contributed by atoms with E-state index in [2.05, 4.69) is 10.6 Å². The highest BCUT2D eigenvalue weighted by Gasteiger charge is 2.18. The molecule has 0 aliphatic carbocycles. The van der Waals surface area contributed by atoms with Crippen molar-refractivity contribution in [2.75, 3.05) is 19.0 Å². The van der Waals surface area contributed by atoms with Gasteiger partial charge >= 0.3 is 5.97 Å². The maximum Gasteiger partial charge on any atom is 0.326 e. The normalized spacial score (nSPS) is 11.2. The highest BCUT2D eigenvalue weighted by molar-refractivity contribution is 6.30. The Morgan fingerprint density at radius 1 is 1.11 bits per heavy atom. The van der Waals surface area contributed by atoms with Crippen LogP contribution in [-0.4, -0.2) is 37.5 Å². The monoisotopic (exact) mass is 390 g/mol. The number of carbonyl (C=O) groups excluding carboxylic acids is 3. The molecule has 0 aliphatic rings. The number of benzene rings is 2. The molecule has 0 bridgehead atoms. The van der Waals surface area contributed by atoms with Crippen molar-refractivity contribution in [2.45, 2.75) is 13.0 Å². The average Bonchev–Trinajstić information content (AvgIpc) is 2.66. The lowest BCUT2D eigenvalue weighted by molar-refractivity contribution is -0.152. The average molecular weight is 391 g/mol. The first-order valence-corrected chi connectivity index (χ1v) is 8.45. The topological polar surface area (TPSA) is 93.7 Å². The third-order valence-corrected chi connectivity index (χ3v) is 3.73. The lowest BCUT2D eigenvalue weighted by Crippen LogP contribution is -2.35. The number of nitrogens with one attached hydrogen (secondary N) is 2. The molecule has 142 valence electrons. The Kier molecular flexibility index (Phi) is 7.19. The molecule has 0 aromatic heterocycles. The number of anilines is 1. The Labute approximate surface area is 161 Å². The van der Waals surface area contributed by atoms with Gasteiger partial charge in [0.2, 0.25) is 0 Å². The Morgan fingerprint density at radius 2 is 1.85 bits per heavy atom. The number of amides is 2. The Balaban J connectivity index is 1.81. The van der Waals surface area contributed by atoms with Gasteiger partial charge in [-0.15, -0.1) is 0 Å². The summed E-state index contributed by atoms with van der Waals surface area (Å²) in [5, 5.41) is 5.49. The van der Waals surface area contributed by atoms with Gasteiger partial charge in [-0.25, -0.2) is 0 Å². The van der Waals surface area contributed by atoms with Gasteiger partial charge in [0.05, 0.1) is 7.11 Å². The highest BCUT2D eigenvalue weighted by atomic mass is 35.5. The first kappa shape index (κ1) is 20.3.